The Kier molecular flexibility index (Phi) is 4.65. The first-order valence-electron chi connectivity index (χ1n) is 6.39. The lowest BCUT2D eigenvalue weighted by Crippen LogP contribution is -2.35. The molecule has 19 heavy (non-hydrogen) atoms. The Morgan fingerprint density at radius 3 is 3.00 bits per heavy atom. The lowest BCUT2D eigenvalue weighted by Gasteiger charge is -2.13. The van der Waals surface area contributed by atoms with E-state index in [4.69, 9.17) is 4.74 Å². The Balaban J connectivity index is 2.05. The molecule has 1 heterocycles. The van der Waals surface area contributed by atoms with Crippen molar-refractivity contribution in [3.8, 4) is 0 Å². The molecule has 0 spiro atoms. The summed E-state index contributed by atoms with van der Waals surface area (Å²) in [6.45, 7) is 3.94. The van der Waals surface area contributed by atoms with E-state index in [9.17, 15) is 4.79 Å². The van der Waals surface area contributed by atoms with Gasteiger partial charge in [0.1, 0.15) is 0 Å². The number of nitrogens with one attached hydrogen (secondary N) is 1. The fourth-order valence-corrected chi connectivity index (χ4v) is 2.01. The molecule has 0 aliphatic rings. The summed E-state index contributed by atoms with van der Waals surface area (Å²) in [5.41, 5.74) is -0.0423. The van der Waals surface area contributed by atoms with E-state index in [1.807, 2.05) is 31.2 Å². The maximum atomic E-state index is 12.2. The molecule has 2 aromatic rings. The van der Waals surface area contributed by atoms with E-state index >= 15 is 0 Å². The van der Waals surface area contributed by atoms with Gasteiger partial charge in [0.05, 0.1) is 24.7 Å². The Labute approximate surface area is 112 Å². The molecule has 5 nitrogen and oxygen atoms in total. The number of hydrogen-bond donors (Lipinski definition) is 1. The molecule has 5 heteroatoms. The average Bonchev–Trinajstić information content (AvgIpc) is 2.42. The minimum absolute atomic E-state index is 0.0423. The normalized spacial score (nSPS) is 12.7. The summed E-state index contributed by atoms with van der Waals surface area (Å²) in [5.74, 6) is 0. The van der Waals surface area contributed by atoms with Crippen LogP contribution in [-0.2, 0) is 11.3 Å². The maximum Gasteiger partial charge on any atom is 0.274 e. The van der Waals surface area contributed by atoms with Crippen molar-refractivity contribution in [2.24, 2.45) is 0 Å². The van der Waals surface area contributed by atoms with Crippen LogP contribution in [0.25, 0.3) is 10.8 Å². The molecule has 0 radical (unpaired) electrons. The molecule has 1 aromatic heterocycles. The number of methoxy groups -OCH3 is 1. The molecule has 0 bridgehead atoms. The van der Waals surface area contributed by atoms with E-state index in [1.54, 1.807) is 13.3 Å². The topological polar surface area (TPSA) is 56.1 Å². The van der Waals surface area contributed by atoms with Crippen LogP contribution in [0, 0.1) is 0 Å². The zero-order valence-corrected chi connectivity index (χ0v) is 11.3. The van der Waals surface area contributed by atoms with Crippen molar-refractivity contribution in [1.82, 2.24) is 15.1 Å². The third-order valence-electron chi connectivity index (χ3n) is 2.99. The molecule has 0 saturated heterocycles. The van der Waals surface area contributed by atoms with E-state index in [1.165, 1.54) is 4.68 Å². The second-order valence-electron chi connectivity index (χ2n) is 4.57. The first kappa shape index (κ1) is 13.7. The summed E-state index contributed by atoms with van der Waals surface area (Å²) in [7, 11) is 1.67. The van der Waals surface area contributed by atoms with Crippen LogP contribution in [0.3, 0.4) is 0 Å². The molecule has 1 N–H and O–H groups in total. The zero-order chi connectivity index (χ0) is 13.7. The third-order valence-corrected chi connectivity index (χ3v) is 2.99. The SMILES string of the molecule is COCC(C)NCCn1ncc2ccccc2c1=O. The lowest BCUT2D eigenvalue weighted by atomic mass is 10.2. The van der Waals surface area contributed by atoms with E-state index in [0.717, 1.165) is 5.39 Å². The summed E-state index contributed by atoms with van der Waals surface area (Å²) in [6, 6.07) is 7.76. The van der Waals surface area contributed by atoms with Gasteiger partial charge in [0.15, 0.2) is 0 Å². The van der Waals surface area contributed by atoms with Crippen molar-refractivity contribution in [3.05, 3.63) is 40.8 Å². The van der Waals surface area contributed by atoms with Gasteiger partial charge in [-0.3, -0.25) is 4.79 Å². The van der Waals surface area contributed by atoms with E-state index in [-0.39, 0.29) is 11.6 Å². The van der Waals surface area contributed by atoms with Crippen molar-refractivity contribution < 1.29 is 4.74 Å². The fourth-order valence-electron chi connectivity index (χ4n) is 2.01. The van der Waals surface area contributed by atoms with Crippen molar-refractivity contribution >= 4 is 10.8 Å². The largest absolute Gasteiger partial charge is 0.383 e. The average molecular weight is 261 g/mol. The van der Waals surface area contributed by atoms with Gasteiger partial charge in [-0.2, -0.15) is 5.10 Å². The Bertz CT molecular complexity index is 595. The van der Waals surface area contributed by atoms with Gasteiger partial charge in [-0.25, -0.2) is 4.68 Å². The van der Waals surface area contributed by atoms with Gasteiger partial charge < -0.3 is 10.1 Å². The minimum atomic E-state index is -0.0423. The van der Waals surface area contributed by atoms with Gasteiger partial charge in [-0.15, -0.1) is 0 Å². The Morgan fingerprint density at radius 2 is 2.21 bits per heavy atom. The number of fused-ring (bicyclic) bond motifs is 1. The van der Waals surface area contributed by atoms with E-state index in [2.05, 4.69) is 10.4 Å². The summed E-state index contributed by atoms with van der Waals surface area (Å²) >= 11 is 0. The summed E-state index contributed by atoms with van der Waals surface area (Å²) < 4.78 is 6.54. The van der Waals surface area contributed by atoms with Crippen LogP contribution in [0.5, 0.6) is 0 Å². The van der Waals surface area contributed by atoms with Crippen LogP contribution >= 0.6 is 0 Å². The molecule has 0 amide bonds. The number of ether oxygens (including phenoxy) is 1. The molecule has 102 valence electrons. The van der Waals surface area contributed by atoms with Gasteiger partial charge in [0.2, 0.25) is 0 Å². The van der Waals surface area contributed by atoms with Crippen molar-refractivity contribution in [2.75, 3.05) is 20.3 Å². The number of hydrogen-bond acceptors (Lipinski definition) is 4. The van der Waals surface area contributed by atoms with Crippen LogP contribution in [0.4, 0.5) is 0 Å². The summed E-state index contributed by atoms with van der Waals surface area (Å²) in [5, 5.41) is 9.05. The predicted molar refractivity (Wildman–Crippen MR) is 75.3 cm³/mol. The molecule has 1 aromatic carbocycles. The number of benzene rings is 1. The van der Waals surface area contributed by atoms with Crippen molar-refractivity contribution in [1.29, 1.82) is 0 Å². The van der Waals surface area contributed by atoms with Gasteiger partial charge in [0.25, 0.3) is 5.56 Å². The monoisotopic (exact) mass is 261 g/mol. The highest BCUT2D eigenvalue weighted by atomic mass is 16.5. The highest BCUT2D eigenvalue weighted by molar-refractivity contribution is 5.80. The molecule has 0 saturated carbocycles. The summed E-state index contributed by atoms with van der Waals surface area (Å²) in [4.78, 5) is 12.2. The second-order valence-corrected chi connectivity index (χ2v) is 4.57. The molecular formula is C14H19N3O2. The van der Waals surface area contributed by atoms with Crippen LogP contribution < -0.4 is 10.9 Å². The Hall–Kier alpha value is -1.72. The van der Waals surface area contributed by atoms with E-state index < -0.39 is 0 Å². The van der Waals surface area contributed by atoms with Gasteiger partial charge in [-0.1, -0.05) is 18.2 Å². The van der Waals surface area contributed by atoms with Crippen LogP contribution in [-0.4, -0.2) is 36.1 Å². The Morgan fingerprint density at radius 1 is 1.42 bits per heavy atom. The fraction of sp³-hybridized carbons (Fsp3) is 0.429. The molecular weight excluding hydrogens is 242 g/mol. The first-order chi connectivity index (χ1) is 9.22. The molecule has 2 rings (SSSR count). The lowest BCUT2D eigenvalue weighted by molar-refractivity contribution is 0.171. The third kappa shape index (κ3) is 3.39. The van der Waals surface area contributed by atoms with Crippen molar-refractivity contribution in [3.63, 3.8) is 0 Å². The molecule has 0 fully saturated rings. The quantitative estimate of drug-likeness (QED) is 0.843. The smallest absolute Gasteiger partial charge is 0.274 e. The standard InChI is InChI=1S/C14H19N3O2/c1-11(10-19-2)15-7-8-17-14(18)13-6-4-3-5-12(13)9-16-17/h3-6,9,11,15H,7-8,10H2,1-2H3. The van der Waals surface area contributed by atoms with Crippen molar-refractivity contribution in [2.45, 2.75) is 19.5 Å². The van der Waals surface area contributed by atoms with Gasteiger partial charge in [-0.05, 0) is 13.0 Å². The number of aromatic nitrogens is 2. The molecule has 0 aliphatic heterocycles. The van der Waals surface area contributed by atoms with Gasteiger partial charge >= 0.3 is 0 Å². The molecule has 1 atom stereocenters. The minimum Gasteiger partial charge on any atom is -0.383 e. The summed E-state index contributed by atoms with van der Waals surface area (Å²) in [6.07, 6.45) is 1.73. The highest BCUT2D eigenvalue weighted by Gasteiger charge is 2.04. The first-order valence-corrected chi connectivity index (χ1v) is 6.39. The number of rotatable bonds is 6. The highest BCUT2D eigenvalue weighted by Crippen LogP contribution is 2.05. The number of nitrogens with zero attached hydrogens (tertiary/aromatic N) is 2. The predicted octanol–water partition coefficient (Wildman–Crippen LogP) is 1.02. The van der Waals surface area contributed by atoms with Crippen LogP contribution in [0.1, 0.15) is 6.92 Å². The molecule has 1 unspecified atom stereocenters. The van der Waals surface area contributed by atoms with Crippen LogP contribution in [0.15, 0.2) is 35.3 Å². The molecule has 0 aliphatic carbocycles. The second kappa shape index (κ2) is 6.45. The zero-order valence-electron chi connectivity index (χ0n) is 11.3. The van der Waals surface area contributed by atoms with Crippen LogP contribution in [0.2, 0.25) is 0 Å². The van der Waals surface area contributed by atoms with Gasteiger partial charge in [0, 0.05) is 25.1 Å². The van der Waals surface area contributed by atoms with E-state index in [0.29, 0.717) is 25.1 Å². The maximum absolute atomic E-state index is 12.2.